The second-order valence-corrected chi connectivity index (χ2v) is 5.66. The highest BCUT2D eigenvalue weighted by atomic mass is 32.1. The molecule has 6 heteroatoms. The highest BCUT2D eigenvalue weighted by Crippen LogP contribution is 2.16. The van der Waals surface area contributed by atoms with Crippen LogP contribution in [-0.4, -0.2) is 25.6 Å². The number of carboxylic acids is 1. The Labute approximate surface area is 131 Å². The van der Waals surface area contributed by atoms with Gasteiger partial charge in [-0.25, -0.2) is 14.8 Å². The molecule has 1 N–H and O–H groups in total. The summed E-state index contributed by atoms with van der Waals surface area (Å²) in [6.45, 7) is 0.735. The molecule has 2 aromatic heterocycles. The number of aromatic carboxylic acids is 1. The van der Waals surface area contributed by atoms with Crippen molar-refractivity contribution in [2.45, 2.75) is 6.54 Å². The molecule has 0 fully saturated rings. The lowest BCUT2D eigenvalue weighted by molar-refractivity contribution is 0.0702. The molecule has 0 saturated heterocycles. The Balaban J connectivity index is 1.77. The number of rotatable bonds is 5. The quantitative estimate of drug-likeness (QED) is 0.785. The molecule has 0 bridgehead atoms. The number of aromatic nitrogens is 3. The van der Waals surface area contributed by atoms with Crippen molar-refractivity contribution in [1.29, 1.82) is 0 Å². The first-order valence-corrected chi connectivity index (χ1v) is 7.46. The van der Waals surface area contributed by atoms with Crippen LogP contribution >= 0.6 is 11.3 Å². The molecule has 0 saturated carbocycles. The van der Waals surface area contributed by atoms with E-state index < -0.39 is 5.97 Å². The molecule has 22 heavy (non-hydrogen) atoms. The lowest BCUT2D eigenvalue weighted by atomic mass is 10.2. The van der Waals surface area contributed by atoms with Gasteiger partial charge >= 0.3 is 5.97 Å². The number of carbonyl (C=O) groups is 1. The fourth-order valence-corrected chi connectivity index (χ4v) is 2.66. The first-order valence-electron chi connectivity index (χ1n) is 6.64. The summed E-state index contributed by atoms with van der Waals surface area (Å²) in [6, 6.07) is 10.1. The van der Waals surface area contributed by atoms with Crippen molar-refractivity contribution in [2.24, 2.45) is 0 Å². The molecular formula is C16H13N3O2S. The van der Waals surface area contributed by atoms with Gasteiger partial charge in [0.2, 0.25) is 0 Å². The average molecular weight is 311 g/mol. The summed E-state index contributed by atoms with van der Waals surface area (Å²) in [5.41, 5.74) is 1.19. The maximum Gasteiger partial charge on any atom is 0.347 e. The van der Waals surface area contributed by atoms with Gasteiger partial charge in [-0.05, 0) is 17.7 Å². The lowest BCUT2D eigenvalue weighted by Crippen LogP contribution is -2.00. The molecule has 1 aromatic carbocycles. The van der Waals surface area contributed by atoms with E-state index in [0.29, 0.717) is 5.01 Å². The molecule has 0 aliphatic carbocycles. The second-order valence-electron chi connectivity index (χ2n) is 4.60. The maximum atomic E-state index is 10.8. The van der Waals surface area contributed by atoms with Crippen molar-refractivity contribution in [3.63, 3.8) is 0 Å². The topological polar surface area (TPSA) is 68.0 Å². The second kappa shape index (κ2) is 6.36. The highest BCUT2D eigenvalue weighted by Gasteiger charge is 2.07. The standard InChI is InChI=1S/C16H13N3O2S/c20-16(21)13-10-18-15(22-13)7-6-14-17-8-9-19(14)11-12-4-2-1-3-5-12/h1-10H,11H2,(H,20,21)/b7-6-. The van der Waals surface area contributed by atoms with Gasteiger partial charge in [0.05, 0.1) is 6.20 Å². The van der Waals surface area contributed by atoms with Crippen LogP contribution in [0.2, 0.25) is 0 Å². The van der Waals surface area contributed by atoms with E-state index in [4.69, 9.17) is 5.11 Å². The molecule has 2 heterocycles. The summed E-state index contributed by atoms with van der Waals surface area (Å²) in [6.07, 6.45) is 8.64. The Kier molecular flexibility index (Phi) is 4.11. The van der Waals surface area contributed by atoms with Gasteiger partial charge in [0.1, 0.15) is 15.7 Å². The van der Waals surface area contributed by atoms with Crippen LogP contribution in [0.4, 0.5) is 0 Å². The molecule has 0 aliphatic rings. The van der Waals surface area contributed by atoms with E-state index >= 15 is 0 Å². The van der Waals surface area contributed by atoms with E-state index in [0.717, 1.165) is 23.7 Å². The van der Waals surface area contributed by atoms with Crippen LogP contribution in [0.15, 0.2) is 48.9 Å². The molecule has 3 aromatic rings. The van der Waals surface area contributed by atoms with Gasteiger partial charge in [0, 0.05) is 18.9 Å². The highest BCUT2D eigenvalue weighted by molar-refractivity contribution is 7.14. The summed E-state index contributed by atoms with van der Waals surface area (Å²) in [5, 5.41) is 9.53. The minimum Gasteiger partial charge on any atom is -0.477 e. The predicted molar refractivity (Wildman–Crippen MR) is 85.8 cm³/mol. The molecule has 0 spiro atoms. The number of hydrogen-bond donors (Lipinski definition) is 1. The van der Waals surface area contributed by atoms with Gasteiger partial charge in [-0.1, -0.05) is 30.3 Å². The first-order chi connectivity index (χ1) is 10.7. The van der Waals surface area contributed by atoms with Crippen LogP contribution in [-0.2, 0) is 6.54 Å². The van der Waals surface area contributed by atoms with E-state index in [1.165, 1.54) is 11.8 Å². The van der Waals surface area contributed by atoms with Crippen molar-refractivity contribution in [3.8, 4) is 0 Å². The normalized spacial score (nSPS) is 11.1. The van der Waals surface area contributed by atoms with Crippen molar-refractivity contribution >= 4 is 29.5 Å². The van der Waals surface area contributed by atoms with Crippen LogP contribution in [0.25, 0.3) is 12.2 Å². The molecular weight excluding hydrogens is 298 g/mol. The minimum atomic E-state index is -0.956. The fraction of sp³-hybridized carbons (Fsp3) is 0.0625. The summed E-state index contributed by atoms with van der Waals surface area (Å²) in [4.78, 5) is 19.4. The molecule has 0 amide bonds. The van der Waals surface area contributed by atoms with Crippen LogP contribution in [0, 0.1) is 0 Å². The molecule has 0 unspecified atom stereocenters. The van der Waals surface area contributed by atoms with E-state index in [9.17, 15) is 4.79 Å². The monoisotopic (exact) mass is 311 g/mol. The third-order valence-corrected chi connectivity index (χ3v) is 4.00. The molecule has 0 radical (unpaired) electrons. The average Bonchev–Trinajstić information content (AvgIpc) is 3.15. The molecule has 3 rings (SSSR count). The zero-order chi connectivity index (χ0) is 15.4. The van der Waals surface area contributed by atoms with Crippen molar-refractivity contribution in [3.05, 3.63) is 70.2 Å². The van der Waals surface area contributed by atoms with Crippen LogP contribution in [0.1, 0.15) is 26.1 Å². The van der Waals surface area contributed by atoms with E-state index in [-0.39, 0.29) is 4.88 Å². The molecule has 110 valence electrons. The molecule has 0 aliphatic heterocycles. The number of carboxylic acid groups (broad SMARTS) is 1. The fourth-order valence-electron chi connectivity index (χ4n) is 2.00. The van der Waals surface area contributed by atoms with Gasteiger partial charge in [-0.3, -0.25) is 0 Å². The summed E-state index contributed by atoms with van der Waals surface area (Å²) in [5.74, 6) is -0.154. The summed E-state index contributed by atoms with van der Waals surface area (Å²) in [7, 11) is 0. The van der Waals surface area contributed by atoms with Gasteiger partial charge in [-0.15, -0.1) is 11.3 Å². The number of thiazole rings is 1. The van der Waals surface area contributed by atoms with Gasteiger partial charge in [0.15, 0.2) is 0 Å². The number of benzene rings is 1. The number of nitrogens with zero attached hydrogens (tertiary/aromatic N) is 3. The minimum absolute atomic E-state index is 0.229. The Morgan fingerprint density at radius 2 is 2.05 bits per heavy atom. The maximum absolute atomic E-state index is 10.8. The molecule has 0 atom stereocenters. The van der Waals surface area contributed by atoms with Crippen molar-refractivity contribution in [1.82, 2.24) is 14.5 Å². The lowest BCUT2D eigenvalue weighted by Gasteiger charge is -2.04. The van der Waals surface area contributed by atoms with E-state index in [1.807, 2.05) is 35.0 Å². The van der Waals surface area contributed by atoms with Gasteiger partial charge < -0.3 is 9.67 Å². The van der Waals surface area contributed by atoms with Crippen LogP contribution in [0.3, 0.4) is 0 Å². The Morgan fingerprint density at radius 1 is 1.23 bits per heavy atom. The van der Waals surface area contributed by atoms with Gasteiger partial charge in [-0.2, -0.15) is 0 Å². The zero-order valence-corrected chi connectivity index (χ0v) is 12.4. The molecule has 5 nitrogen and oxygen atoms in total. The summed E-state index contributed by atoms with van der Waals surface area (Å²) < 4.78 is 2.03. The zero-order valence-electron chi connectivity index (χ0n) is 11.6. The third-order valence-electron chi connectivity index (χ3n) is 3.05. The van der Waals surface area contributed by atoms with Crippen LogP contribution in [0.5, 0.6) is 0 Å². The van der Waals surface area contributed by atoms with Crippen molar-refractivity contribution < 1.29 is 9.90 Å². The summed E-state index contributed by atoms with van der Waals surface area (Å²) >= 11 is 1.14. The van der Waals surface area contributed by atoms with Crippen molar-refractivity contribution in [2.75, 3.05) is 0 Å². The van der Waals surface area contributed by atoms with Gasteiger partial charge in [0.25, 0.3) is 0 Å². The first kappa shape index (κ1) is 14.2. The SMILES string of the molecule is O=C(O)c1cnc(/C=C\c2nccn2Cc2ccccc2)s1. The smallest absolute Gasteiger partial charge is 0.347 e. The predicted octanol–water partition coefficient (Wildman–Crippen LogP) is 3.26. The van der Waals surface area contributed by atoms with E-state index in [2.05, 4.69) is 22.1 Å². The third kappa shape index (κ3) is 3.29. The van der Waals surface area contributed by atoms with Crippen LogP contribution < -0.4 is 0 Å². The number of hydrogen-bond acceptors (Lipinski definition) is 4. The number of imidazole rings is 1. The Hall–Kier alpha value is -2.73. The largest absolute Gasteiger partial charge is 0.477 e. The van der Waals surface area contributed by atoms with E-state index in [1.54, 1.807) is 12.3 Å². The Bertz CT molecular complexity index is 806. The Morgan fingerprint density at radius 3 is 2.77 bits per heavy atom.